The summed E-state index contributed by atoms with van der Waals surface area (Å²) in [6.07, 6.45) is 1.02. The van der Waals surface area contributed by atoms with E-state index in [1.54, 1.807) is 14.2 Å². The number of carbonyl (C=O) groups excluding carboxylic acids is 1. The summed E-state index contributed by atoms with van der Waals surface area (Å²) in [5.41, 5.74) is 0.558. The third kappa shape index (κ3) is 8.39. The van der Waals surface area contributed by atoms with E-state index in [2.05, 4.69) is 20.5 Å². The normalized spacial score (nSPS) is 16.8. The number of nitrogens with one attached hydrogen (secondary N) is 2. The molecule has 1 atom stereocenters. The number of hydrogen-bond acceptors (Lipinski definition) is 4. The van der Waals surface area contributed by atoms with Gasteiger partial charge in [0.25, 0.3) is 0 Å². The molecule has 2 rings (SSSR count). The van der Waals surface area contributed by atoms with Gasteiger partial charge in [-0.25, -0.2) is 4.39 Å². The summed E-state index contributed by atoms with van der Waals surface area (Å²) < 4.78 is 23.4. The molecule has 0 spiro atoms. The summed E-state index contributed by atoms with van der Waals surface area (Å²) in [5, 5.41) is 5.78. The third-order valence-corrected chi connectivity index (χ3v) is 4.12. The van der Waals surface area contributed by atoms with E-state index < -0.39 is 0 Å². The molecule has 1 aliphatic heterocycles. The SMILES string of the molecule is CN=C(NCC(=O)Nc1ccc(F)cc1)N1CCC(COCCOC)C1.I. The molecule has 0 aliphatic carbocycles. The van der Waals surface area contributed by atoms with Crippen molar-refractivity contribution in [3.05, 3.63) is 30.1 Å². The fraction of sp³-hybridized carbons (Fsp3) is 0.556. The van der Waals surface area contributed by atoms with Gasteiger partial charge in [-0.05, 0) is 30.7 Å². The predicted octanol–water partition coefficient (Wildman–Crippen LogP) is 1.94. The number of halogens is 2. The Morgan fingerprint density at radius 3 is 2.74 bits per heavy atom. The Kier molecular flexibility index (Phi) is 11.2. The van der Waals surface area contributed by atoms with Crippen LogP contribution >= 0.6 is 24.0 Å². The average molecular weight is 494 g/mol. The number of likely N-dealkylation sites (tertiary alicyclic amines) is 1. The Labute approximate surface area is 176 Å². The number of hydrogen-bond donors (Lipinski definition) is 2. The lowest BCUT2D eigenvalue weighted by Crippen LogP contribution is -2.43. The van der Waals surface area contributed by atoms with Crippen molar-refractivity contribution in [3.63, 3.8) is 0 Å². The molecule has 9 heteroatoms. The van der Waals surface area contributed by atoms with Crippen LogP contribution in [0.3, 0.4) is 0 Å². The number of benzene rings is 1. The minimum Gasteiger partial charge on any atom is -0.382 e. The molecule has 0 aromatic heterocycles. The van der Waals surface area contributed by atoms with Crippen LogP contribution in [0.2, 0.25) is 0 Å². The van der Waals surface area contributed by atoms with E-state index in [0.29, 0.717) is 37.4 Å². The van der Waals surface area contributed by atoms with E-state index in [-0.39, 0.29) is 42.2 Å². The second-order valence-corrected chi connectivity index (χ2v) is 6.12. The summed E-state index contributed by atoms with van der Waals surface area (Å²) in [7, 11) is 3.35. The van der Waals surface area contributed by atoms with Crippen LogP contribution in [0.25, 0.3) is 0 Å². The molecule has 1 saturated heterocycles. The molecular formula is C18H28FIN4O3. The van der Waals surface area contributed by atoms with Gasteiger partial charge in [-0.1, -0.05) is 0 Å². The number of ether oxygens (including phenoxy) is 2. The Morgan fingerprint density at radius 2 is 2.07 bits per heavy atom. The van der Waals surface area contributed by atoms with Crippen molar-refractivity contribution >= 4 is 41.5 Å². The van der Waals surface area contributed by atoms with Crippen LogP contribution < -0.4 is 10.6 Å². The molecule has 1 fully saturated rings. The van der Waals surface area contributed by atoms with Crippen LogP contribution in [-0.4, -0.2) is 70.4 Å². The number of anilines is 1. The number of nitrogens with zero attached hydrogens (tertiary/aromatic N) is 2. The first kappa shape index (κ1) is 23.6. The lowest BCUT2D eigenvalue weighted by atomic mass is 10.1. The fourth-order valence-corrected chi connectivity index (χ4v) is 2.78. The zero-order valence-corrected chi connectivity index (χ0v) is 18.1. The molecule has 2 N–H and O–H groups in total. The summed E-state index contributed by atoms with van der Waals surface area (Å²) in [6.45, 7) is 3.70. The molecule has 1 aromatic carbocycles. The number of carbonyl (C=O) groups is 1. The van der Waals surface area contributed by atoms with Crippen LogP contribution in [-0.2, 0) is 14.3 Å². The maximum atomic E-state index is 12.9. The average Bonchev–Trinajstić information content (AvgIpc) is 3.10. The highest BCUT2D eigenvalue weighted by Gasteiger charge is 2.25. The van der Waals surface area contributed by atoms with Crippen molar-refractivity contribution < 1.29 is 18.7 Å². The summed E-state index contributed by atoms with van der Waals surface area (Å²) in [6, 6.07) is 5.66. The van der Waals surface area contributed by atoms with E-state index in [1.807, 2.05) is 0 Å². The van der Waals surface area contributed by atoms with Crippen LogP contribution in [0.4, 0.5) is 10.1 Å². The largest absolute Gasteiger partial charge is 0.382 e. The smallest absolute Gasteiger partial charge is 0.243 e. The molecule has 7 nitrogen and oxygen atoms in total. The minimum atomic E-state index is -0.337. The molecule has 0 radical (unpaired) electrons. The Bertz CT molecular complexity index is 601. The zero-order chi connectivity index (χ0) is 18.8. The molecule has 0 bridgehead atoms. The maximum Gasteiger partial charge on any atom is 0.243 e. The first-order valence-electron chi connectivity index (χ1n) is 8.70. The first-order chi connectivity index (χ1) is 12.6. The van der Waals surface area contributed by atoms with Gasteiger partial charge in [0.2, 0.25) is 5.91 Å². The molecular weight excluding hydrogens is 466 g/mol. The van der Waals surface area contributed by atoms with Gasteiger partial charge < -0.3 is 25.0 Å². The van der Waals surface area contributed by atoms with E-state index >= 15 is 0 Å². The van der Waals surface area contributed by atoms with Gasteiger partial charge in [-0.15, -0.1) is 24.0 Å². The van der Waals surface area contributed by atoms with Gasteiger partial charge in [0, 0.05) is 38.9 Å². The monoisotopic (exact) mass is 494 g/mol. The second-order valence-electron chi connectivity index (χ2n) is 6.12. The van der Waals surface area contributed by atoms with E-state index in [0.717, 1.165) is 19.5 Å². The van der Waals surface area contributed by atoms with Crippen LogP contribution in [0, 0.1) is 11.7 Å². The van der Waals surface area contributed by atoms with Crippen molar-refractivity contribution in [1.82, 2.24) is 10.2 Å². The first-order valence-corrected chi connectivity index (χ1v) is 8.70. The van der Waals surface area contributed by atoms with Gasteiger partial charge >= 0.3 is 0 Å². The molecule has 1 aliphatic rings. The number of rotatable bonds is 8. The van der Waals surface area contributed by atoms with Crippen molar-refractivity contribution in [2.24, 2.45) is 10.9 Å². The van der Waals surface area contributed by atoms with Crippen LogP contribution in [0.15, 0.2) is 29.3 Å². The highest BCUT2D eigenvalue weighted by molar-refractivity contribution is 14.0. The van der Waals surface area contributed by atoms with Gasteiger partial charge in [0.05, 0.1) is 26.4 Å². The third-order valence-electron chi connectivity index (χ3n) is 4.12. The Balaban J connectivity index is 0.00000364. The summed E-state index contributed by atoms with van der Waals surface area (Å²) in [5.74, 6) is 0.588. The van der Waals surface area contributed by atoms with Crippen molar-refractivity contribution in [3.8, 4) is 0 Å². The highest BCUT2D eigenvalue weighted by Crippen LogP contribution is 2.16. The van der Waals surface area contributed by atoms with E-state index in [9.17, 15) is 9.18 Å². The molecule has 1 heterocycles. The van der Waals surface area contributed by atoms with E-state index in [4.69, 9.17) is 9.47 Å². The van der Waals surface area contributed by atoms with Gasteiger partial charge in [-0.2, -0.15) is 0 Å². The molecule has 1 unspecified atom stereocenters. The number of methoxy groups -OCH3 is 1. The summed E-state index contributed by atoms with van der Waals surface area (Å²) >= 11 is 0. The maximum absolute atomic E-state index is 12.9. The summed E-state index contributed by atoms with van der Waals surface area (Å²) in [4.78, 5) is 18.4. The predicted molar refractivity (Wildman–Crippen MR) is 114 cm³/mol. The zero-order valence-electron chi connectivity index (χ0n) is 15.7. The fourth-order valence-electron chi connectivity index (χ4n) is 2.78. The van der Waals surface area contributed by atoms with Crippen molar-refractivity contribution in [2.45, 2.75) is 6.42 Å². The topological polar surface area (TPSA) is 75.2 Å². The molecule has 0 saturated carbocycles. The van der Waals surface area contributed by atoms with Crippen molar-refractivity contribution in [1.29, 1.82) is 0 Å². The molecule has 27 heavy (non-hydrogen) atoms. The lowest BCUT2D eigenvalue weighted by Gasteiger charge is -2.21. The van der Waals surface area contributed by atoms with Crippen LogP contribution in [0.1, 0.15) is 6.42 Å². The molecule has 152 valence electrons. The number of aliphatic imine (C=N–C) groups is 1. The molecule has 1 amide bonds. The second kappa shape index (κ2) is 12.8. The molecule has 1 aromatic rings. The Hall–Kier alpha value is -1.46. The van der Waals surface area contributed by atoms with Crippen LogP contribution in [0.5, 0.6) is 0 Å². The number of guanidine groups is 1. The van der Waals surface area contributed by atoms with Gasteiger partial charge in [-0.3, -0.25) is 9.79 Å². The standard InChI is InChI=1S/C18H27FN4O3.HI/c1-20-18(23-8-7-14(12-23)13-26-10-9-25-2)21-11-17(24)22-16-5-3-15(19)4-6-16;/h3-6,14H,7-13H2,1-2H3,(H,20,21)(H,22,24);1H. The van der Waals surface area contributed by atoms with Gasteiger partial charge in [0.1, 0.15) is 5.82 Å². The van der Waals surface area contributed by atoms with Crippen molar-refractivity contribution in [2.75, 3.05) is 58.9 Å². The highest BCUT2D eigenvalue weighted by atomic mass is 127. The lowest BCUT2D eigenvalue weighted by molar-refractivity contribution is -0.115. The minimum absolute atomic E-state index is 0. The quantitative estimate of drug-likeness (QED) is 0.250. The van der Waals surface area contributed by atoms with Gasteiger partial charge in [0.15, 0.2) is 5.96 Å². The van der Waals surface area contributed by atoms with E-state index in [1.165, 1.54) is 24.3 Å². The number of amides is 1. The Morgan fingerprint density at radius 1 is 1.33 bits per heavy atom.